The van der Waals surface area contributed by atoms with E-state index >= 15 is 0 Å². The van der Waals surface area contributed by atoms with Gasteiger partial charge in [0.1, 0.15) is 0 Å². The maximum absolute atomic E-state index is 4.59. The lowest BCUT2D eigenvalue weighted by Crippen LogP contribution is -2.22. The van der Waals surface area contributed by atoms with Gasteiger partial charge in [-0.05, 0) is 60.3 Å². The fraction of sp³-hybridized carbons (Fsp3) is 0.353. The van der Waals surface area contributed by atoms with E-state index in [1.165, 1.54) is 15.1 Å². The Bertz CT molecular complexity index is 673. The van der Waals surface area contributed by atoms with E-state index in [2.05, 4.69) is 52.3 Å². The Morgan fingerprint density at radius 1 is 1.24 bits per heavy atom. The number of pyridine rings is 1. The Balaban J connectivity index is 1.76. The molecule has 0 aliphatic heterocycles. The van der Waals surface area contributed by atoms with Crippen LogP contribution in [0.4, 0.5) is 0 Å². The number of fused-ring (bicyclic) bond motifs is 1. The van der Waals surface area contributed by atoms with Crippen LogP contribution in [0.5, 0.6) is 0 Å². The molecule has 0 saturated carbocycles. The van der Waals surface area contributed by atoms with Crippen molar-refractivity contribution in [3.63, 3.8) is 0 Å². The number of aromatic nitrogens is 1. The van der Waals surface area contributed by atoms with Crippen molar-refractivity contribution in [2.75, 3.05) is 6.54 Å². The number of thiophene rings is 2. The Hall–Kier alpha value is -1.23. The highest BCUT2D eigenvalue weighted by Crippen LogP contribution is 2.26. The fourth-order valence-electron chi connectivity index (χ4n) is 2.50. The predicted molar refractivity (Wildman–Crippen MR) is 93.3 cm³/mol. The van der Waals surface area contributed by atoms with E-state index in [4.69, 9.17) is 0 Å². The molecule has 1 unspecified atom stereocenters. The van der Waals surface area contributed by atoms with Crippen molar-refractivity contribution in [3.8, 4) is 0 Å². The van der Waals surface area contributed by atoms with Crippen molar-refractivity contribution in [1.82, 2.24) is 10.3 Å². The Morgan fingerprint density at radius 3 is 3.00 bits per heavy atom. The molecular formula is C17H20N2S2. The van der Waals surface area contributed by atoms with Crippen molar-refractivity contribution in [3.05, 3.63) is 51.7 Å². The van der Waals surface area contributed by atoms with Gasteiger partial charge in [0.25, 0.3) is 0 Å². The summed E-state index contributed by atoms with van der Waals surface area (Å²) in [7, 11) is 0. The first kappa shape index (κ1) is 14.7. The number of nitrogens with one attached hydrogen (secondary N) is 1. The van der Waals surface area contributed by atoms with Crippen LogP contribution in [0.15, 0.2) is 41.2 Å². The molecule has 3 aromatic rings. The van der Waals surface area contributed by atoms with Crippen LogP contribution in [0.3, 0.4) is 0 Å². The lowest BCUT2D eigenvalue weighted by molar-refractivity contribution is 0.500. The van der Waals surface area contributed by atoms with Crippen molar-refractivity contribution < 1.29 is 0 Å². The zero-order chi connectivity index (χ0) is 14.5. The smallest absolute Gasteiger partial charge is 0.0809 e. The van der Waals surface area contributed by atoms with Gasteiger partial charge in [0.05, 0.1) is 10.2 Å². The van der Waals surface area contributed by atoms with Gasteiger partial charge in [-0.2, -0.15) is 0 Å². The molecular weight excluding hydrogens is 296 g/mol. The summed E-state index contributed by atoms with van der Waals surface area (Å²) in [5.74, 6) is 0. The first-order valence-electron chi connectivity index (χ1n) is 7.45. The summed E-state index contributed by atoms with van der Waals surface area (Å²) < 4.78 is 1.28. The van der Waals surface area contributed by atoms with Crippen LogP contribution in [-0.2, 0) is 6.42 Å². The topological polar surface area (TPSA) is 24.9 Å². The summed E-state index contributed by atoms with van der Waals surface area (Å²) in [6.07, 6.45) is 5.45. The quantitative estimate of drug-likeness (QED) is 0.661. The van der Waals surface area contributed by atoms with Gasteiger partial charge < -0.3 is 5.32 Å². The van der Waals surface area contributed by atoms with Gasteiger partial charge in [0, 0.05) is 17.1 Å². The van der Waals surface area contributed by atoms with Gasteiger partial charge in [-0.15, -0.1) is 22.7 Å². The lowest BCUT2D eigenvalue weighted by Gasteiger charge is -2.18. The number of hydrogen-bond acceptors (Lipinski definition) is 4. The van der Waals surface area contributed by atoms with E-state index in [1.54, 1.807) is 11.3 Å². The summed E-state index contributed by atoms with van der Waals surface area (Å²) >= 11 is 3.62. The van der Waals surface area contributed by atoms with Crippen LogP contribution in [0.1, 0.15) is 36.2 Å². The second-order valence-electron chi connectivity index (χ2n) is 5.20. The van der Waals surface area contributed by atoms with E-state index in [9.17, 15) is 0 Å². The molecule has 3 aromatic heterocycles. The Labute approximate surface area is 133 Å². The van der Waals surface area contributed by atoms with Crippen molar-refractivity contribution in [2.45, 2.75) is 32.2 Å². The van der Waals surface area contributed by atoms with E-state index in [0.717, 1.165) is 31.3 Å². The lowest BCUT2D eigenvalue weighted by atomic mass is 10.0. The average Bonchev–Trinajstić information content (AvgIpc) is 3.17. The van der Waals surface area contributed by atoms with Crippen molar-refractivity contribution in [1.29, 1.82) is 0 Å². The Kier molecular flexibility index (Phi) is 5.01. The summed E-state index contributed by atoms with van der Waals surface area (Å²) in [4.78, 5) is 6.05. The summed E-state index contributed by atoms with van der Waals surface area (Å²) in [5, 5.41) is 7.94. The van der Waals surface area contributed by atoms with E-state index < -0.39 is 0 Å². The summed E-state index contributed by atoms with van der Waals surface area (Å²) in [6.45, 7) is 3.27. The number of nitrogens with zero attached hydrogens (tertiary/aromatic N) is 1. The third-order valence-corrected chi connectivity index (χ3v) is 5.42. The molecule has 21 heavy (non-hydrogen) atoms. The minimum Gasteiger partial charge on any atom is -0.310 e. The van der Waals surface area contributed by atoms with Crippen LogP contribution in [0, 0.1) is 0 Å². The molecule has 110 valence electrons. The first-order chi connectivity index (χ1) is 10.4. The van der Waals surface area contributed by atoms with Crippen LogP contribution in [0.2, 0.25) is 0 Å². The predicted octanol–water partition coefficient (Wildman–Crippen LogP) is 5.03. The molecule has 1 N–H and O–H groups in total. The molecule has 0 radical (unpaired) electrons. The molecule has 0 bridgehead atoms. The van der Waals surface area contributed by atoms with Gasteiger partial charge in [0.15, 0.2) is 0 Å². The summed E-state index contributed by atoms with van der Waals surface area (Å²) in [6, 6.07) is 9.14. The highest BCUT2D eigenvalue weighted by Gasteiger charge is 2.12. The van der Waals surface area contributed by atoms with Gasteiger partial charge in [-0.3, -0.25) is 4.98 Å². The molecule has 0 aromatic carbocycles. The maximum atomic E-state index is 4.59. The van der Waals surface area contributed by atoms with E-state index in [-0.39, 0.29) is 0 Å². The van der Waals surface area contributed by atoms with Gasteiger partial charge in [-0.25, -0.2) is 0 Å². The van der Waals surface area contributed by atoms with Crippen LogP contribution >= 0.6 is 22.7 Å². The third kappa shape index (κ3) is 3.70. The normalized spacial score (nSPS) is 12.8. The highest BCUT2D eigenvalue weighted by atomic mass is 32.1. The van der Waals surface area contributed by atoms with E-state index in [0.29, 0.717) is 6.04 Å². The van der Waals surface area contributed by atoms with Gasteiger partial charge in [-0.1, -0.05) is 13.0 Å². The second-order valence-corrected chi connectivity index (χ2v) is 7.18. The van der Waals surface area contributed by atoms with Crippen LogP contribution in [0.25, 0.3) is 10.2 Å². The summed E-state index contributed by atoms with van der Waals surface area (Å²) in [5.41, 5.74) is 2.42. The minimum atomic E-state index is 0.394. The largest absolute Gasteiger partial charge is 0.310 e. The molecule has 0 aliphatic carbocycles. The fourth-order valence-corrected chi connectivity index (χ4v) is 4.01. The molecule has 0 amide bonds. The highest BCUT2D eigenvalue weighted by molar-refractivity contribution is 7.17. The number of aryl methyl sites for hydroxylation is 1. The zero-order valence-electron chi connectivity index (χ0n) is 12.2. The monoisotopic (exact) mass is 316 g/mol. The maximum Gasteiger partial charge on any atom is 0.0809 e. The average molecular weight is 316 g/mol. The van der Waals surface area contributed by atoms with Gasteiger partial charge >= 0.3 is 0 Å². The van der Waals surface area contributed by atoms with Crippen molar-refractivity contribution in [2.24, 2.45) is 0 Å². The minimum absolute atomic E-state index is 0.394. The third-order valence-electron chi connectivity index (χ3n) is 3.63. The van der Waals surface area contributed by atoms with Gasteiger partial charge in [0.2, 0.25) is 0 Å². The molecule has 3 heterocycles. The molecule has 4 heteroatoms. The molecule has 0 saturated heterocycles. The molecule has 0 aliphatic rings. The molecule has 3 rings (SSSR count). The number of rotatable bonds is 7. The molecule has 1 atom stereocenters. The standard InChI is InChI=1S/C17H20N2S2/c1-2-8-18-15(6-5-14-4-3-9-20-14)13-11-17-16(19-12-13)7-10-21-17/h3-4,7,9-12,15,18H,2,5-6,8H2,1H3. The number of hydrogen-bond donors (Lipinski definition) is 1. The molecule has 2 nitrogen and oxygen atoms in total. The zero-order valence-corrected chi connectivity index (χ0v) is 13.8. The van der Waals surface area contributed by atoms with E-state index in [1.807, 2.05) is 17.5 Å². The first-order valence-corrected chi connectivity index (χ1v) is 9.21. The SMILES string of the molecule is CCCNC(CCc1cccs1)c1cnc2ccsc2c1. The van der Waals surface area contributed by atoms with Crippen LogP contribution in [-0.4, -0.2) is 11.5 Å². The molecule has 0 fully saturated rings. The second kappa shape index (κ2) is 7.16. The van der Waals surface area contributed by atoms with Crippen molar-refractivity contribution >= 4 is 32.9 Å². The Morgan fingerprint density at radius 2 is 2.19 bits per heavy atom. The molecule has 0 spiro atoms. The van der Waals surface area contributed by atoms with Crippen LogP contribution < -0.4 is 5.32 Å².